The molecule has 1 aromatic heterocycles. The molecule has 47 valence electrons. The van der Waals surface area contributed by atoms with Gasteiger partial charge in [-0.25, -0.2) is 0 Å². The first kappa shape index (κ1) is 8.45. The molecule has 0 fully saturated rings. The van der Waals surface area contributed by atoms with Gasteiger partial charge in [0.25, 0.3) is 0 Å². The first-order valence-corrected chi connectivity index (χ1v) is 3.12. The Morgan fingerprint density at radius 2 is 1.75 bits per heavy atom. The Labute approximate surface area is 72.4 Å². The van der Waals surface area contributed by atoms with Gasteiger partial charge in [-0.3, -0.25) is 0 Å². The topological polar surface area (TPSA) is 12.9 Å². The molecule has 1 rings (SSSR count). The van der Waals surface area contributed by atoms with Gasteiger partial charge in [0.05, 0.1) is 0 Å². The monoisotopic (exact) mass is 464 g/mol. The van der Waals surface area contributed by atoms with Crippen LogP contribution in [0.2, 0.25) is 0 Å². The van der Waals surface area contributed by atoms with Crippen molar-refractivity contribution in [2.24, 2.45) is 0 Å². The van der Waals surface area contributed by atoms with E-state index in [-0.39, 0.29) is 20.1 Å². The van der Waals surface area contributed by atoms with Crippen molar-refractivity contribution >= 4 is 4.08 Å². The second-order valence-electron chi connectivity index (χ2n) is 1.14. The fraction of sp³-hybridized carbons (Fsp3) is 0. The number of hydrogen-bond acceptors (Lipinski definition) is 1. The summed E-state index contributed by atoms with van der Waals surface area (Å²) in [6.45, 7) is 0. The van der Waals surface area contributed by atoms with Crippen LogP contribution in [0, 0.1) is 0 Å². The van der Waals surface area contributed by atoms with Gasteiger partial charge in [-0.1, -0.05) is 0 Å². The fourth-order valence-electron chi connectivity index (χ4n) is 0.327. The number of pyridine rings is 1. The summed E-state index contributed by atoms with van der Waals surface area (Å²) < 4.78 is 1.26. The molecule has 0 saturated carbocycles. The average Bonchev–Trinajstić information content (AvgIpc) is 1.69. The minimum atomic E-state index is 0. The zero-order chi connectivity index (χ0) is 5.11. The van der Waals surface area contributed by atoms with Gasteiger partial charge in [0.2, 0.25) is 0 Å². The molecule has 0 amide bonds. The third-order valence-electron chi connectivity index (χ3n) is 0.625. The molecule has 0 aliphatic rings. The Bertz CT molecular complexity index is 140. The summed E-state index contributed by atoms with van der Waals surface area (Å²) in [7, 11) is 0. The van der Waals surface area contributed by atoms with Crippen molar-refractivity contribution in [1.82, 2.24) is 4.98 Å². The van der Waals surface area contributed by atoms with Crippen LogP contribution >= 0.6 is 0 Å². The van der Waals surface area contributed by atoms with Crippen LogP contribution in [0.5, 0.6) is 0 Å². The number of aromatic nitrogens is 1. The van der Waals surface area contributed by atoms with Crippen LogP contribution in [-0.2, 0) is 39.0 Å². The summed E-state index contributed by atoms with van der Waals surface area (Å²) in [5.41, 5.74) is 0. The maximum atomic E-state index is 3.85. The van der Waals surface area contributed by atoms with Crippen LogP contribution in [0.4, 0.5) is 0 Å². The van der Waals surface area contributed by atoms with Crippen molar-refractivity contribution in [2.75, 3.05) is 0 Å². The molecule has 1 heterocycles. The minimum absolute atomic E-state index is 0. The third kappa shape index (κ3) is 2.68. The van der Waals surface area contributed by atoms with Crippen LogP contribution in [-0.4, -0.2) is 4.98 Å². The van der Waals surface area contributed by atoms with Crippen LogP contribution in [0.15, 0.2) is 24.5 Å². The van der Waals surface area contributed by atoms with Gasteiger partial charge >= 0.3 is 52.5 Å². The Morgan fingerprint density at radius 3 is 2.00 bits per heavy atom. The van der Waals surface area contributed by atoms with E-state index in [9.17, 15) is 0 Å². The molecule has 8 heavy (non-hydrogen) atoms. The molecular weight excluding hydrogens is 458 g/mol. The molecule has 0 spiro atoms. The van der Waals surface area contributed by atoms with Crippen LogP contribution in [0.25, 0.3) is 0 Å². The molecule has 0 aliphatic carbocycles. The standard InChI is InChI=1S/C5H4N.2Ir/c1-2-4-6-5-3-1;;/h2-5H;;. The molecule has 0 saturated heterocycles. The van der Waals surface area contributed by atoms with Crippen LogP contribution < -0.4 is 4.08 Å². The molecule has 1 radical (unpaired) electrons. The molecule has 0 aliphatic heterocycles. The predicted octanol–water partition coefficient (Wildman–Crippen LogP) is 0.251. The van der Waals surface area contributed by atoms with E-state index in [0.29, 0.717) is 0 Å². The SMILES string of the molecule is [Ir].[Ir][c]1ccncc1. The van der Waals surface area contributed by atoms with Gasteiger partial charge in [0.15, 0.2) is 0 Å². The van der Waals surface area contributed by atoms with Crippen molar-refractivity contribution in [2.45, 2.75) is 0 Å². The molecule has 3 heteroatoms. The van der Waals surface area contributed by atoms with Gasteiger partial charge in [0.1, 0.15) is 0 Å². The first-order chi connectivity index (χ1) is 3.39. The Hall–Kier alpha value is 0.449. The summed E-state index contributed by atoms with van der Waals surface area (Å²) >= 11 is 2.04. The molecule has 0 atom stereocenters. The van der Waals surface area contributed by atoms with Crippen molar-refractivity contribution in [3.8, 4) is 0 Å². The summed E-state index contributed by atoms with van der Waals surface area (Å²) in [4.78, 5) is 3.85. The second kappa shape index (κ2) is 4.34. The van der Waals surface area contributed by atoms with Gasteiger partial charge in [-0.15, -0.1) is 0 Å². The molecule has 0 aromatic carbocycles. The number of hydrogen-bond donors (Lipinski definition) is 0. The van der Waals surface area contributed by atoms with Gasteiger partial charge in [0, 0.05) is 20.1 Å². The normalized spacial score (nSPS) is 7.75. The van der Waals surface area contributed by atoms with Crippen molar-refractivity contribution in [3.63, 3.8) is 0 Å². The van der Waals surface area contributed by atoms with Crippen molar-refractivity contribution in [3.05, 3.63) is 24.5 Å². The van der Waals surface area contributed by atoms with E-state index < -0.39 is 0 Å². The van der Waals surface area contributed by atoms with E-state index in [4.69, 9.17) is 0 Å². The molecule has 1 aromatic rings. The quantitative estimate of drug-likeness (QED) is 0.539. The zero-order valence-corrected chi connectivity index (χ0v) is 8.71. The first-order valence-electron chi connectivity index (χ1n) is 1.93. The Balaban J connectivity index is 0.000000490. The van der Waals surface area contributed by atoms with Crippen molar-refractivity contribution < 1.29 is 39.0 Å². The number of rotatable bonds is 0. The molecule has 0 unspecified atom stereocenters. The van der Waals surface area contributed by atoms with Gasteiger partial charge in [-0.05, 0) is 0 Å². The van der Waals surface area contributed by atoms with Crippen molar-refractivity contribution in [1.29, 1.82) is 0 Å². The van der Waals surface area contributed by atoms with E-state index in [1.165, 1.54) is 4.08 Å². The van der Waals surface area contributed by atoms with E-state index in [1.54, 1.807) is 12.4 Å². The van der Waals surface area contributed by atoms with Gasteiger partial charge < -0.3 is 0 Å². The summed E-state index contributed by atoms with van der Waals surface area (Å²) in [6.07, 6.45) is 3.57. The molecule has 0 N–H and O–H groups in total. The fourth-order valence-corrected chi connectivity index (χ4v) is 0.684. The van der Waals surface area contributed by atoms with E-state index in [0.717, 1.165) is 0 Å². The van der Waals surface area contributed by atoms with E-state index in [1.807, 2.05) is 31.0 Å². The summed E-state index contributed by atoms with van der Waals surface area (Å²) in [6, 6.07) is 3.94. The molecule has 1 nitrogen and oxygen atoms in total. The molecular formula is C5H4Ir2N. The summed E-state index contributed by atoms with van der Waals surface area (Å²) in [5.74, 6) is 0. The van der Waals surface area contributed by atoms with Gasteiger partial charge in [-0.2, -0.15) is 0 Å². The maximum absolute atomic E-state index is 3.85. The Kier molecular flexibility index (Phi) is 4.58. The van der Waals surface area contributed by atoms with E-state index >= 15 is 0 Å². The zero-order valence-electron chi connectivity index (χ0n) is 3.92. The van der Waals surface area contributed by atoms with Crippen LogP contribution in [0.1, 0.15) is 0 Å². The number of nitrogens with zero attached hydrogens (tertiary/aromatic N) is 1. The van der Waals surface area contributed by atoms with Crippen LogP contribution in [0.3, 0.4) is 0 Å². The third-order valence-corrected chi connectivity index (χ3v) is 1.42. The summed E-state index contributed by atoms with van der Waals surface area (Å²) in [5, 5.41) is 0. The van der Waals surface area contributed by atoms with E-state index in [2.05, 4.69) is 4.98 Å². The second-order valence-corrected chi connectivity index (χ2v) is 2.52. The average molecular weight is 463 g/mol. The predicted molar refractivity (Wildman–Crippen MR) is 23.9 cm³/mol. The Morgan fingerprint density at radius 1 is 1.25 bits per heavy atom. The molecule has 0 bridgehead atoms.